The average molecular weight is 374 g/mol. The monoisotopic (exact) mass is 374 g/mol. The lowest BCUT2D eigenvalue weighted by Crippen LogP contribution is -2.49. The van der Waals surface area contributed by atoms with Crippen LogP contribution in [0.2, 0.25) is 0 Å². The molecule has 0 spiro atoms. The number of rotatable bonds is 5. The van der Waals surface area contributed by atoms with Gasteiger partial charge in [0.2, 0.25) is 5.91 Å². The van der Waals surface area contributed by atoms with Crippen molar-refractivity contribution < 1.29 is 19.1 Å². The second-order valence-corrected chi connectivity index (χ2v) is 7.55. The maximum atomic E-state index is 13.3. The van der Waals surface area contributed by atoms with Gasteiger partial charge in [0.1, 0.15) is 11.3 Å². The normalized spacial score (nSPS) is 28.4. The van der Waals surface area contributed by atoms with Gasteiger partial charge in [-0.15, -0.1) is 0 Å². The minimum Gasteiger partial charge on any atom is -0.497 e. The summed E-state index contributed by atoms with van der Waals surface area (Å²) in [5, 5.41) is 0. The van der Waals surface area contributed by atoms with Gasteiger partial charge in [0.15, 0.2) is 0 Å². The van der Waals surface area contributed by atoms with Gasteiger partial charge in [-0.25, -0.2) is 0 Å². The minimum absolute atomic E-state index is 0.152. The highest BCUT2D eigenvalue weighted by Gasteiger charge is 2.57. The second-order valence-electron chi connectivity index (χ2n) is 7.55. The predicted octanol–water partition coefficient (Wildman–Crippen LogP) is 2.63. The number of hydrogen-bond donors (Lipinski definition) is 0. The van der Waals surface area contributed by atoms with E-state index in [0.29, 0.717) is 12.8 Å². The molecule has 3 atom stereocenters. The first-order chi connectivity index (χ1) is 13.0. The zero-order valence-corrected chi connectivity index (χ0v) is 16.7. The van der Waals surface area contributed by atoms with Gasteiger partial charge in [-0.2, -0.15) is 0 Å². The Morgan fingerprint density at radius 2 is 1.78 bits per heavy atom. The molecule has 2 heterocycles. The third-order valence-electron chi connectivity index (χ3n) is 6.37. The lowest BCUT2D eigenvalue weighted by atomic mass is 9.86. The highest BCUT2D eigenvalue weighted by atomic mass is 16.5. The fraction of sp³-hybridized carbons (Fsp3) is 0.619. The standard InChI is InChI=1S/C21H30N2O4/c1-5-21(20(25)27-4)14-17(19(24)23-12-6-7-13-23)18(22(21)2)15-8-10-16(26-3)11-9-15/h8-11,17-18H,5-7,12-14H2,1-4H3/t17-,18-,21-/m0/s1. The number of hydrogen-bond acceptors (Lipinski definition) is 5. The average Bonchev–Trinajstić information content (AvgIpc) is 3.34. The van der Waals surface area contributed by atoms with Crippen LogP contribution in [0, 0.1) is 5.92 Å². The number of benzene rings is 1. The number of likely N-dealkylation sites (tertiary alicyclic amines) is 2. The van der Waals surface area contributed by atoms with Crippen LogP contribution < -0.4 is 4.74 Å². The first kappa shape index (κ1) is 19.7. The van der Waals surface area contributed by atoms with E-state index in [4.69, 9.17) is 9.47 Å². The molecular weight excluding hydrogens is 344 g/mol. The Labute approximate surface area is 161 Å². The van der Waals surface area contributed by atoms with E-state index < -0.39 is 5.54 Å². The van der Waals surface area contributed by atoms with Gasteiger partial charge in [-0.3, -0.25) is 14.5 Å². The van der Waals surface area contributed by atoms with Gasteiger partial charge in [0.25, 0.3) is 0 Å². The third-order valence-corrected chi connectivity index (χ3v) is 6.37. The van der Waals surface area contributed by atoms with Gasteiger partial charge in [0.05, 0.1) is 20.1 Å². The maximum absolute atomic E-state index is 13.3. The van der Waals surface area contributed by atoms with Crippen molar-refractivity contribution in [2.75, 3.05) is 34.4 Å². The maximum Gasteiger partial charge on any atom is 0.326 e. The van der Waals surface area contributed by atoms with Crippen molar-refractivity contribution >= 4 is 11.9 Å². The van der Waals surface area contributed by atoms with Crippen molar-refractivity contribution in [2.45, 2.75) is 44.2 Å². The van der Waals surface area contributed by atoms with Crippen molar-refractivity contribution in [1.82, 2.24) is 9.80 Å². The van der Waals surface area contributed by atoms with Crippen molar-refractivity contribution in [3.8, 4) is 5.75 Å². The number of nitrogens with zero attached hydrogens (tertiary/aromatic N) is 2. The highest BCUT2D eigenvalue weighted by Crippen LogP contribution is 2.49. The first-order valence-electron chi connectivity index (χ1n) is 9.72. The van der Waals surface area contributed by atoms with Gasteiger partial charge in [-0.05, 0) is 50.4 Å². The zero-order valence-electron chi connectivity index (χ0n) is 16.7. The molecule has 1 aromatic rings. The SMILES string of the molecule is CC[C@@]1(C(=O)OC)C[C@H](C(=O)N2CCCC2)[C@H](c2ccc(OC)cc2)N1C. The molecule has 0 radical (unpaired) electrons. The van der Waals surface area contributed by atoms with Crippen LogP contribution in [0.15, 0.2) is 24.3 Å². The van der Waals surface area contributed by atoms with Crippen molar-refractivity contribution in [3.63, 3.8) is 0 Å². The molecule has 2 saturated heterocycles. The smallest absolute Gasteiger partial charge is 0.326 e. The van der Waals surface area contributed by atoms with E-state index in [1.165, 1.54) is 7.11 Å². The van der Waals surface area contributed by atoms with Gasteiger partial charge in [-0.1, -0.05) is 19.1 Å². The molecule has 0 aromatic heterocycles. The number of carbonyl (C=O) groups is 2. The van der Waals surface area contributed by atoms with E-state index in [0.717, 1.165) is 37.2 Å². The van der Waals surface area contributed by atoms with Crippen LogP contribution in [0.5, 0.6) is 5.75 Å². The molecule has 0 unspecified atom stereocenters. The summed E-state index contributed by atoms with van der Waals surface area (Å²) in [6, 6.07) is 7.64. The van der Waals surface area contributed by atoms with Crippen LogP contribution >= 0.6 is 0 Å². The lowest BCUT2D eigenvalue weighted by molar-refractivity contribution is -0.153. The van der Waals surface area contributed by atoms with Gasteiger partial charge in [0, 0.05) is 19.1 Å². The summed E-state index contributed by atoms with van der Waals surface area (Å²) in [4.78, 5) is 30.1. The molecule has 148 valence electrons. The number of carbonyl (C=O) groups excluding carboxylic acids is 2. The fourth-order valence-electron chi connectivity index (χ4n) is 4.76. The van der Waals surface area contributed by atoms with Crippen LogP contribution in [-0.4, -0.2) is 61.6 Å². The van der Waals surface area contributed by atoms with Crippen LogP contribution in [0.3, 0.4) is 0 Å². The summed E-state index contributed by atoms with van der Waals surface area (Å²) in [6.45, 7) is 3.61. The number of esters is 1. The van der Waals surface area contributed by atoms with E-state index in [9.17, 15) is 9.59 Å². The Morgan fingerprint density at radius 1 is 1.15 bits per heavy atom. The number of likely N-dealkylation sites (N-methyl/N-ethyl adjacent to an activating group) is 1. The molecule has 0 aliphatic carbocycles. The highest BCUT2D eigenvalue weighted by molar-refractivity contribution is 5.86. The number of ether oxygens (including phenoxy) is 2. The Morgan fingerprint density at radius 3 is 2.30 bits per heavy atom. The molecule has 6 heteroatoms. The molecule has 27 heavy (non-hydrogen) atoms. The Kier molecular flexibility index (Phi) is 5.75. The summed E-state index contributed by atoms with van der Waals surface area (Å²) in [6.07, 6.45) is 3.19. The van der Waals surface area contributed by atoms with Crippen molar-refractivity contribution in [1.29, 1.82) is 0 Å². The van der Waals surface area contributed by atoms with Crippen LogP contribution in [0.4, 0.5) is 0 Å². The summed E-state index contributed by atoms with van der Waals surface area (Å²) < 4.78 is 10.4. The fourth-order valence-corrected chi connectivity index (χ4v) is 4.76. The quantitative estimate of drug-likeness (QED) is 0.742. The molecule has 2 aliphatic heterocycles. The zero-order chi connectivity index (χ0) is 19.6. The van der Waals surface area contributed by atoms with Crippen molar-refractivity contribution in [2.24, 2.45) is 5.92 Å². The number of methoxy groups -OCH3 is 2. The van der Waals surface area contributed by atoms with E-state index in [1.54, 1.807) is 7.11 Å². The van der Waals surface area contributed by atoms with E-state index >= 15 is 0 Å². The Hall–Kier alpha value is -2.08. The summed E-state index contributed by atoms with van der Waals surface area (Å²) in [7, 11) is 4.99. The minimum atomic E-state index is -0.778. The predicted molar refractivity (Wildman–Crippen MR) is 102 cm³/mol. The lowest BCUT2D eigenvalue weighted by Gasteiger charge is -2.35. The van der Waals surface area contributed by atoms with Crippen LogP contribution in [0.1, 0.15) is 44.2 Å². The molecule has 6 nitrogen and oxygen atoms in total. The van der Waals surface area contributed by atoms with Gasteiger partial charge < -0.3 is 14.4 Å². The second kappa shape index (κ2) is 7.89. The van der Waals surface area contributed by atoms with E-state index in [2.05, 4.69) is 4.90 Å². The number of amides is 1. The topological polar surface area (TPSA) is 59.1 Å². The molecule has 0 saturated carbocycles. The van der Waals surface area contributed by atoms with Crippen LogP contribution in [0.25, 0.3) is 0 Å². The van der Waals surface area contributed by atoms with E-state index in [1.807, 2.05) is 43.1 Å². The summed E-state index contributed by atoms with van der Waals surface area (Å²) >= 11 is 0. The third kappa shape index (κ3) is 3.31. The summed E-state index contributed by atoms with van der Waals surface area (Å²) in [5.74, 6) is 0.402. The Bertz CT molecular complexity index is 684. The largest absolute Gasteiger partial charge is 0.497 e. The molecule has 2 fully saturated rings. The molecule has 2 aliphatic rings. The molecule has 3 rings (SSSR count). The molecule has 0 N–H and O–H groups in total. The molecule has 1 aromatic carbocycles. The van der Waals surface area contributed by atoms with Crippen molar-refractivity contribution in [3.05, 3.63) is 29.8 Å². The van der Waals surface area contributed by atoms with E-state index in [-0.39, 0.29) is 23.8 Å². The Balaban J connectivity index is 2.00. The molecular formula is C21H30N2O4. The molecule has 1 amide bonds. The van der Waals surface area contributed by atoms with Gasteiger partial charge >= 0.3 is 5.97 Å². The molecule has 0 bridgehead atoms. The first-order valence-corrected chi connectivity index (χ1v) is 9.72. The summed E-state index contributed by atoms with van der Waals surface area (Å²) in [5.41, 5.74) is 0.245. The van der Waals surface area contributed by atoms with Crippen LogP contribution in [-0.2, 0) is 14.3 Å².